The molecule has 2 rings (SSSR count). The number of hydrogen-bond acceptors (Lipinski definition) is 2. The molecule has 3 N–H and O–H groups in total. The summed E-state index contributed by atoms with van der Waals surface area (Å²) in [6.45, 7) is 2.77. The van der Waals surface area contributed by atoms with Gasteiger partial charge in [0, 0.05) is 12.7 Å². The fourth-order valence-corrected chi connectivity index (χ4v) is 1.88. The molecule has 6 heteroatoms. The maximum Gasteiger partial charge on any atom is 0.267 e. The molecular weight excluding hydrogens is 249 g/mol. The van der Waals surface area contributed by atoms with E-state index >= 15 is 0 Å². The van der Waals surface area contributed by atoms with E-state index in [-0.39, 0.29) is 18.3 Å². The number of halogens is 2. The molecular formula is C10H15Cl2N3O. The molecule has 1 unspecified atom stereocenters. The number of aromatic nitrogens is 1. The number of carbonyl (C=O) groups is 1. The molecule has 0 bridgehead atoms. The largest absolute Gasteiger partial charge is 0.356 e. The fraction of sp³-hybridized carbons (Fsp3) is 0.500. The molecule has 0 radical (unpaired) electrons. The number of hydrogen-bond donors (Lipinski definition) is 3. The van der Waals surface area contributed by atoms with Crippen molar-refractivity contribution in [3.63, 3.8) is 0 Å². The predicted molar refractivity (Wildman–Crippen MR) is 66.4 cm³/mol. The van der Waals surface area contributed by atoms with Gasteiger partial charge in [-0.1, -0.05) is 11.6 Å². The van der Waals surface area contributed by atoms with Crippen molar-refractivity contribution in [2.75, 3.05) is 19.6 Å². The van der Waals surface area contributed by atoms with E-state index in [2.05, 4.69) is 15.6 Å². The lowest BCUT2D eigenvalue weighted by Gasteiger charge is -2.08. The van der Waals surface area contributed by atoms with Crippen molar-refractivity contribution in [3.05, 3.63) is 23.0 Å². The highest BCUT2D eigenvalue weighted by atomic mass is 35.5. The third-order valence-corrected chi connectivity index (χ3v) is 2.82. The lowest BCUT2D eigenvalue weighted by atomic mass is 10.1. The van der Waals surface area contributed by atoms with E-state index in [1.54, 1.807) is 12.3 Å². The van der Waals surface area contributed by atoms with Gasteiger partial charge in [0.2, 0.25) is 0 Å². The summed E-state index contributed by atoms with van der Waals surface area (Å²) in [5, 5.41) is 6.70. The van der Waals surface area contributed by atoms with Crippen LogP contribution in [0.2, 0.25) is 5.02 Å². The van der Waals surface area contributed by atoms with Crippen LogP contribution in [0, 0.1) is 5.92 Å². The number of H-pyrrole nitrogens is 1. The molecule has 1 aliphatic rings. The van der Waals surface area contributed by atoms with E-state index in [1.807, 2.05) is 0 Å². The Bertz CT molecular complexity index is 348. The molecule has 2 heterocycles. The maximum atomic E-state index is 11.6. The molecule has 1 aliphatic heterocycles. The summed E-state index contributed by atoms with van der Waals surface area (Å²) in [4.78, 5) is 14.4. The Kier molecular flexibility index (Phi) is 5.12. The molecule has 1 aromatic heterocycles. The standard InChI is InChI=1S/C10H14ClN3O.ClH/c11-8-3-9(13-6-8)10(15)14-5-7-1-2-12-4-7;/h3,6-7,12-13H,1-2,4-5H2,(H,14,15);1H. The summed E-state index contributed by atoms with van der Waals surface area (Å²) >= 11 is 5.71. The first-order chi connectivity index (χ1) is 7.25. The van der Waals surface area contributed by atoms with Gasteiger partial charge in [-0.05, 0) is 31.5 Å². The van der Waals surface area contributed by atoms with Gasteiger partial charge in [0.1, 0.15) is 5.69 Å². The number of rotatable bonds is 3. The zero-order chi connectivity index (χ0) is 10.7. The van der Waals surface area contributed by atoms with Crippen molar-refractivity contribution >= 4 is 29.9 Å². The minimum absolute atomic E-state index is 0. The Labute approximate surface area is 106 Å². The van der Waals surface area contributed by atoms with Gasteiger partial charge in [0.25, 0.3) is 5.91 Å². The summed E-state index contributed by atoms with van der Waals surface area (Å²) < 4.78 is 0. The van der Waals surface area contributed by atoms with E-state index in [9.17, 15) is 4.79 Å². The molecule has 1 aromatic rings. The number of nitrogens with one attached hydrogen (secondary N) is 3. The SMILES string of the molecule is Cl.O=C(NCC1CCNC1)c1cc(Cl)c[nH]1. The quantitative estimate of drug-likeness (QED) is 0.773. The Hall–Kier alpha value is -0.710. The van der Waals surface area contributed by atoms with Crippen LogP contribution in [0.3, 0.4) is 0 Å². The van der Waals surface area contributed by atoms with Gasteiger partial charge in [-0.3, -0.25) is 4.79 Å². The first-order valence-electron chi connectivity index (χ1n) is 5.08. The second-order valence-corrected chi connectivity index (χ2v) is 4.24. The van der Waals surface area contributed by atoms with Crippen LogP contribution >= 0.6 is 24.0 Å². The van der Waals surface area contributed by atoms with Crippen LogP contribution in [-0.2, 0) is 0 Å². The van der Waals surface area contributed by atoms with E-state index in [0.717, 1.165) is 26.1 Å². The van der Waals surface area contributed by atoms with Gasteiger partial charge in [0.05, 0.1) is 5.02 Å². The van der Waals surface area contributed by atoms with Crippen LogP contribution in [-0.4, -0.2) is 30.5 Å². The van der Waals surface area contributed by atoms with Gasteiger partial charge >= 0.3 is 0 Å². The monoisotopic (exact) mass is 263 g/mol. The van der Waals surface area contributed by atoms with Crippen LogP contribution < -0.4 is 10.6 Å². The maximum absolute atomic E-state index is 11.6. The van der Waals surface area contributed by atoms with Crippen molar-refractivity contribution in [2.45, 2.75) is 6.42 Å². The second kappa shape index (κ2) is 6.13. The van der Waals surface area contributed by atoms with Gasteiger partial charge in [-0.25, -0.2) is 0 Å². The average Bonchev–Trinajstić information content (AvgIpc) is 2.84. The van der Waals surface area contributed by atoms with E-state index in [0.29, 0.717) is 16.6 Å². The highest BCUT2D eigenvalue weighted by Gasteiger charge is 2.16. The van der Waals surface area contributed by atoms with Gasteiger partial charge in [-0.15, -0.1) is 12.4 Å². The number of aromatic amines is 1. The average molecular weight is 264 g/mol. The molecule has 90 valence electrons. The molecule has 0 saturated carbocycles. The Balaban J connectivity index is 0.00000128. The summed E-state index contributed by atoms with van der Waals surface area (Å²) in [6.07, 6.45) is 2.74. The normalized spacial score (nSPS) is 19.2. The Morgan fingerprint density at radius 2 is 2.44 bits per heavy atom. The first-order valence-corrected chi connectivity index (χ1v) is 5.46. The van der Waals surface area contributed by atoms with Crippen molar-refractivity contribution in [1.29, 1.82) is 0 Å². The van der Waals surface area contributed by atoms with Crippen LogP contribution in [0.15, 0.2) is 12.3 Å². The smallest absolute Gasteiger partial charge is 0.267 e. The molecule has 0 aromatic carbocycles. The van der Waals surface area contributed by atoms with E-state index < -0.39 is 0 Å². The third kappa shape index (κ3) is 3.40. The molecule has 0 aliphatic carbocycles. The van der Waals surface area contributed by atoms with Crippen LogP contribution in [0.4, 0.5) is 0 Å². The molecule has 1 atom stereocenters. The first kappa shape index (κ1) is 13.4. The fourth-order valence-electron chi connectivity index (χ4n) is 1.72. The summed E-state index contributed by atoms with van der Waals surface area (Å²) in [7, 11) is 0. The van der Waals surface area contributed by atoms with E-state index in [1.165, 1.54) is 0 Å². The predicted octanol–water partition coefficient (Wildman–Crippen LogP) is 1.43. The molecule has 0 spiro atoms. The van der Waals surface area contributed by atoms with Crippen LogP contribution in [0.5, 0.6) is 0 Å². The minimum Gasteiger partial charge on any atom is -0.356 e. The highest BCUT2D eigenvalue weighted by Crippen LogP contribution is 2.10. The van der Waals surface area contributed by atoms with Crippen molar-refractivity contribution in [3.8, 4) is 0 Å². The van der Waals surface area contributed by atoms with Crippen molar-refractivity contribution in [1.82, 2.24) is 15.6 Å². The summed E-state index contributed by atoms with van der Waals surface area (Å²) in [5.41, 5.74) is 0.519. The summed E-state index contributed by atoms with van der Waals surface area (Å²) in [5.74, 6) is 0.466. The molecule has 4 nitrogen and oxygen atoms in total. The second-order valence-electron chi connectivity index (χ2n) is 3.80. The zero-order valence-corrected chi connectivity index (χ0v) is 10.3. The van der Waals surface area contributed by atoms with Gasteiger partial charge < -0.3 is 15.6 Å². The number of amides is 1. The van der Waals surface area contributed by atoms with Crippen molar-refractivity contribution in [2.24, 2.45) is 5.92 Å². The van der Waals surface area contributed by atoms with Crippen molar-refractivity contribution < 1.29 is 4.79 Å². The lowest BCUT2D eigenvalue weighted by molar-refractivity contribution is 0.0944. The molecule has 1 fully saturated rings. The van der Waals surface area contributed by atoms with Crippen LogP contribution in [0.1, 0.15) is 16.9 Å². The minimum atomic E-state index is -0.0891. The van der Waals surface area contributed by atoms with Gasteiger partial charge in [-0.2, -0.15) is 0 Å². The molecule has 1 amide bonds. The highest BCUT2D eigenvalue weighted by molar-refractivity contribution is 6.30. The topological polar surface area (TPSA) is 56.9 Å². The lowest BCUT2D eigenvalue weighted by Crippen LogP contribution is -2.30. The van der Waals surface area contributed by atoms with Crippen LogP contribution in [0.25, 0.3) is 0 Å². The third-order valence-electron chi connectivity index (χ3n) is 2.61. The Morgan fingerprint density at radius 3 is 3.00 bits per heavy atom. The zero-order valence-electron chi connectivity index (χ0n) is 8.75. The Morgan fingerprint density at radius 1 is 1.62 bits per heavy atom. The summed E-state index contributed by atoms with van der Waals surface area (Å²) in [6, 6.07) is 1.63. The van der Waals surface area contributed by atoms with E-state index in [4.69, 9.17) is 11.6 Å². The molecule has 16 heavy (non-hydrogen) atoms. The molecule has 1 saturated heterocycles. The number of carbonyl (C=O) groups excluding carboxylic acids is 1. The van der Waals surface area contributed by atoms with Gasteiger partial charge in [0.15, 0.2) is 0 Å².